The van der Waals surface area contributed by atoms with Gasteiger partial charge >= 0.3 is 12.0 Å². The van der Waals surface area contributed by atoms with Gasteiger partial charge in [-0.2, -0.15) is 0 Å². The fourth-order valence-corrected chi connectivity index (χ4v) is 3.02. The number of carboxylic acids is 1. The van der Waals surface area contributed by atoms with Crippen molar-refractivity contribution in [1.82, 2.24) is 15.1 Å². The molecule has 0 unspecified atom stereocenters. The van der Waals surface area contributed by atoms with Gasteiger partial charge in [0.05, 0.1) is 6.54 Å². The molecule has 0 aromatic heterocycles. The molecular formula is C17H24ClN3O3. The molecule has 24 heavy (non-hydrogen) atoms. The molecule has 6 nitrogen and oxygen atoms in total. The van der Waals surface area contributed by atoms with Crippen LogP contribution in [0.3, 0.4) is 0 Å². The molecule has 0 spiro atoms. The van der Waals surface area contributed by atoms with E-state index in [4.69, 9.17) is 16.7 Å². The van der Waals surface area contributed by atoms with Crippen molar-refractivity contribution in [2.75, 3.05) is 20.1 Å². The van der Waals surface area contributed by atoms with Gasteiger partial charge in [0, 0.05) is 30.7 Å². The van der Waals surface area contributed by atoms with E-state index in [0.717, 1.165) is 18.4 Å². The monoisotopic (exact) mass is 353 g/mol. The van der Waals surface area contributed by atoms with Crippen LogP contribution in [0.25, 0.3) is 0 Å². The second-order valence-corrected chi connectivity index (χ2v) is 6.65. The number of rotatable bonds is 7. The molecule has 0 aliphatic heterocycles. The zero-order valence-electron chi connectivity index (χ0n) is 14.0. The SMILES string of the molecule is CCN(CC(=O)O)C1CC(NC(=O)N(C)Cc2ccc(Cl)cc2)C1. The number of amides is 2. The topological polar surface area (TPSA) is 72.9 Å². The third-order valence-electron chi connectivity index (χ3n) is 4.38. The lowest BCUT2D eigenvalue weighted by Crippen LogP contribution is -2.56. The van der Waals surface area contributed by atoms with Gasteiger partial charge in [0.15, 0.2) is 0 Å². The average molecular weight is 354 g/mol. The van der Waals surface area contributed by atoms with Gasteiger partial charge in [-0.25, -0.2) is 4.79 Å². The molecule has 1 saturated carbocycles. The third kappa shape index (κ3) is 5.11. The van der Waals surface area contributed by atoms with Crippen LogP contribution in [0.1, 0.15) is 25.3 Å². The molecule has 0 heterocycles. The van der Waals surface area contributed by atoms with Gasteiger partial charge in [-0.1, -0.05) is 30.7 Å². The quantitative estimate of drug-likeness (QED) is 0.789. The van der Waals surface area contributed by atoms with Crippen LogP contribution < -0.4 is 5.32 Å². The molecule has 7 heteroatoms. The van der Waals surface area contributed by atoms with Crippen LogP contribution in [-0.4, -0.2) is 59.1 Å². The molecule has 2 rings (SSSR count). The van der Waals surface area contributed by atoms with Crippen molar-refractivity contribution in [2.24, 2.45) is 0 Å². The van der Waals surface area contributed by atoms with Crippen LogP contribution in [0.5, 0.6) is 0 Å². The number of nitrogens with zero attached hydrogens (tertiary/aromatic N) is 2. The molecule has 0 bridgehead atoms. The first-order valence-electron chi connectivity index (χ1n) is 8.11. The number of benzene rings is 1. The minimum absolute atomic E-state index is 0.0539. The summed E-state index contributed by atoms with van der Waals surface area (Å²) in [5, 5.41) is 12.6. The molecule has 1 aromatic rings. The van der Waals surface area contributed by atoms with E-state index in [1.54, 1.807) is 24.1 Å². The standard InChI is InChI=1S/C17H24ClN3O3/c1-3-21(11-16(22)23)15-8-14(9-15)19-17(24)20(2)10-12-4-6-13(18)7-5-12/h4-7,14-15H,3,8-11H2,1-2H3,(H,19,24)(H,22,23). The lowest BCUT2D eigenvalue weighted by molar-refractivity contribution is -0.139. The lowest BCUT2D eigenvalue weighted by atomic mass is 9.85. The predicted molar refractivity (Wildman–Crippen MR) is 93.1 cm³/mol. The highest BCUT2D eigenvalue weighted by atomic mass is 35.5. The number of nitrogens with one attached hydrogen (secondary N) is 1. The van der Waals surface area contributed by atoms with Gasteiger partial charge < -0.3 is 15.3 Å². The fraction of sp³-hybridized carbons (Fsp3) is 0.529. The van der Waals surface area contributed by atoms with Crippen LogP contribution in [0, 0.1) is 0 Å². The second kappa shape index (κ2) is 8.35. The summed E-state index contributed by atoms with van der Waals surface area (Å²) in [5.74, 6) is -0.813. The predicted octanol–water partition coefficient (Wildman–Crippen LogP) is 2.42. The van der Waals surface area contributed by atoms with Crippen molar-refractivity contribution in [3.63, 3.8) is 0 Å². The second-order valence-electron chi connectivity index (χ2n) is 6.21. The smallest absolute Gasteiger partial charge is 0.317 e. The summed E-state index contributed by atoms with van der Waals surface area (Å²) in [4.78, 5) is 26.6. The summed E-state index contributed by atoms with van der Waals surface area (Å²) >= 11 is 5.85. The lowest BCUT2D eigenvalue weighted by Gasteiger charge is -2.42. The van der Waals surface area contributed by atoms with E-state index in [-0.39, 0.29) is 24.7 Å². The van der Waals surface area contributed by atoms with Crippen LogP contribution in [0.2, 0.25) is 5.02 Å². The molecular weight excluding hydrogens is 330 g/mol. The Morgan fingerprint density at radius 1 is 1.29 bits per heavy atom. The Balaban J connectivity index is 1.75. The number of carboxylic acid groups (broad SMARTS) is 1. The largest absolute Gasteiger partial charge is 0.480 e. The maximum Gasteiger partial charge on any atom is 0.317 e. The Morgan fingerprint density at radius 3 is 2.46 bits per heavy atom. The molecule has 1 fully saturated rings. The van der Waals surface area contributed by atoms with Crippen molar-refractivity contribution in [3.05, 3.63) is 34.9 Å². The highest BCUT2D eigenvalue weighted by Crippen LogP contribution is 2.25. The molecule has 1 aliphatic carbocycles. The molecule has 0 saturated heterocycles. The van der Waals surface area contributed by atoms with Crippen molar-refractivity contribution >= 4 is 23.6 Å². The van der Waals surface area contributed by atoms with E-state index in [9.17, 15) is 9.59 Å². The van der Waals surface area contributed by atoms with Crippen LogP contribution in [0.15, 0.2) is 24.3 Å². The minimum Gasteiger partial charge on any atom is -0.480 e. The van der Waals surface area contributed by atoms with Gasteiger partial charge in [-0.3, -0.25) is 9.69 Å². The number of hydrogen-bond acceptors (Lipinski definition) is 3. The third-order valence-corrected chi connectivity index (χ3v) is 4.63. The minimum atomic E-state index is -0.813. The maximum absolute atomic E-state index is 12.2. The highest BCUT2D eigenvalue weighted by Gasteiger charge is 2.35. The Morgan fingerprint density at radius 2 is 1.92 bits per heavy atom. The number of urea groups is 1. The summed E-state index contributed by atoms with van der Waals surface area (Å²) in [6.45, 7) is 3.22. The first kappa shape index (κ1) is 18.5. The van der Waals surface area contributed by atoms with E-state index in [1.165, 1.54) is 0 Å². The van der Waals surface area contributed by atoms with Gasteiger partial charge in [0.25, 0.3) is 0 Å². The van der Waals surface area contributed by atoms with Crippen LogP contribution in [-0.2, 0) is 11.3 Å². The summed E-state index contributed by atoms with van der Waals surface area (Å²) in [5.41, 5.74) is 1.02. The maximum atomic E-state index is 12.2. The number of likely N-dealkylation sites (N-methyl/N-ethyl adjacent to an activating group) is 1. The summed E-state index contributed by atoms with van der Waals surface area (Å²) in [7, 11) is 1.75. The average Bonchev–Trinajstić information content (AvgIpc) is 2.50. The number of carbonyl (C=O) groups is 2. The Hall–Kier alpha value is -1.79. The van der Waals surface area contributed by atoms with Crippen LogP contribution >= 0.6 is 11.6 Å². The molecule has 2 amide bonds. The summed E-state index contributed by atoms with van der Waals surface area (Å²) in [6, 6.07) is 7.64. The van der Waals surface area contributed by atoms with Gasteiger partial charge in [0.1, 0.15) is 0 Å². The molecule has 0 radical (unpaired) electrons. The van der Waals surface area contributed by atoms with E-state index in [1.807, 2.05) is 24.0 Å². The van der Waals surface area contributed by atoms with Gasteiger partial charge in [0.2, 0.25) is 0 Å². The normalized spacial score (nSPS) is 19.7. The Bertz CT molecular complexity index is 573. The van der Waals surface area contributed by atoms with E-state index in [0.29, 0.717) is 18.1 Å². The summed E-state index contributed by atoms with van der Waals surface area (Å²) in [6.07, 6.45) is 1.59. The van der Waals surface area contributed by atoms with Gasteiger partial charge in [-0.15, -0.1) is 0 Å². The van der Waals surface area contributed by atoms with Crippen molar-refractivity contribution in [3.8, 4) is 0 Å². The zero-order valence-corrected chi connectivity index (χ0v) is 14.8. The van der Waals surface area contributed by atoms with Crippen molar-refractivity contribution < 1.29 is 14.7 Å². The Kier molecular flexibility index (Phi) is 6.45. The first-order chi connectivity index (χ1) is 11.4. The molecule has 1 aliphatic rings. The zero-order chi connectivity index (χ0) is 17.7. The Labute approximate surface area is 147 Å². The summed E-state index contributed by atoms with van der Waals surface area (Å²) < 4.78 is 0. The highest BCUT2D eigenvalue weighted by molar-refractivity contribution is 6.30. The van der Waals surface area contributed by atoms with Crippen LogP contribution in [0.4, 0.5) is 4.79 Å². The molecule has 132 valence electrons. The number of aliphatic carboxylic acids is 1. The van der Waals surface area contributed by atoms with Gasteiger partial charge in [-0.05, 0) is 37.1 Å². The van der Waals surface area contributed by atoms with Crippen molar-refractivity contribution in [2.45, 2.75) is 38.4 Å². The number of carbonyl (C=O) groups excluding carboxylic acids is 1. The molecule has 1 aromatic carbocycles. The fourth-order valence-electron chi connectivity index (χ4n) is 2.90. The van der Waals surface area contributed by atoms with Crippen molar-refractivity contribution in [1.29, 1.82) is 0 Å². The first-order valence-corrected chi connectivity index (χ1v) is 8.48. The number of hydrogen-bond donors (Lipinski definition) is 2. The number of halogens is 1. The van der Waals surface area contributed by atoms with E-state index >= 15 is 0 Å². The van der Waals surface area contributed by atoms with E-state index < -0.39 is 5.97 Å². The molecule has 2 N–H and O–H groups in total. The molecule has 0 atom stereocenters. The van der Waals surface area contributed by atoms with E-state index in [2.05, 4.69) is 5.32 Å².